The second-order valence-electron chi connectivity index (χ2n) is 3.59. The molecule has 0 amide bonds. The van der Waals surface area contributed by atoms with Gasteiger partial charge in [-0.3, -0.25) is 4.98 Å². The first-order valence-electron chi connectivity index (χ1n) is 5.20. The van der Waals surface area contributed by atoms with Crippen LogP contribution in [0.3, 0.4) is 0 Å². The zero-order valence-corrected chi connectivity index (χ0v) is 10.5. The maximum Gasteiger partial charge on any atom is 0.0270 e. The van der Waals surface area contributed by atoms with E-state index in [-0.39, 0.29) is 12.4 Å². The van der Waals surface area contributed by atoms with Crippen molar-refractivity contribution in [3.63, 3.8) is 0 Å². The van der Waals surface area contributed by atoms with Crippen LogP contribution in [0.2, 0.25) is 0 Å². The summed E-state index contributed by atoms with van der Waals surface area (Å²) >= 11 is 0. The third-order valence-electron chi connectivity index (χ3n) is 2.04. The van der Waals surface area contributed by atoms with Crippen molar-refractivity contribution in [1.82, 2.24) is 4.98 Å². The first-order chi connectivity index (χ1) is 7.30. The Morgan fingerprint density at radius 1 is 0.812 bits per heavy atom. The summed E-state index contributed by atoms with van der Waals surface area (Å²) in [6, 6.07) is 16.1. The smallest absolute Gasteiger partial charge is 0.0270 e. The van der Waals surface area contributed by atoms with E-state index >= 15 is 0 Å². The summed E-state index contributed by atoms with van der Waals surface area (Å²) in [6.45, 7) is 4.35. The highest BCUT2D eigenvalue weighted by molar-refractivity contribution is 5.85. The minimum Gasteiger partial charge on any atom is -0.265 e. The highest BCUT2D eigenvalue weighted by Crippen LogP contribution is 2.10. The molecule has 0 aliphatic heterocycles. The van der Waals surface area contributed by atoms with E-state index in [1.165, 1.54) is 5.56 Å². The fourth-order valence-corrected chi connectivity index (χ4v) is 1.13. The third-order valence-corrected chi connectivity index (χ3v) is 2.04. The molecule has 0 saturated carbocycles. The minimum absolute atomic E-state index is 0. The van der Waals surface area contributed by atoms with Crippen LogP contribution in [0.4, 0.5) is 0 Å². The fraction of sp³-hybridized carbons (Fsp3) is 0.214. The molecule has 2 heteroatoms. The Bertz CT molecular complexity index is 319. The fourth-order valence-electron chi connectivity index (χ4n) is 1.13. The van der Waals surface area contributed by atoms with Crippen LogP contribution in [-0.2, 0) is 0 Å². The van der Waals surface area contributed by atoms with Crippen LogP contribution in [0.15, 0.2) is 60.9 Å². The predicted molar refractivity (Wildman–Crippen MR) is 72.0 cm³/mol. The Morgan fingerprint density at radius 3 is 1.44 bits per heavy atom. The first-order valence-corrected chi connectivity index (χ1v) is 5.20. The molecule has 1 aromatic carbocycles. The van der Waals surface area contributed by atoms with E-state index in [0.717, 1.165) is 0 Å². The van der Waals surface area contributed by atoms with Gasteiger partial charge in [-0.25, -0.2) is 0 Å². The van der Waals surface area contributed by atoms with Gasteiger partial charge in [-0.2, -0.15) is 0 Å². The van der Waals surface area contributed by atoms with Gasteiger partial charge in [-0.15, -0.1) is 12.4 Å². The van der Waals surface area contributed by atoms with E-state index in [9.17, 15) is 0 Å². The number of hydrogen-bond donors (Lipinski definition) is 0. The van der Waals surface area contributed by atoms with Gasteiger partial charge < -0.3 is 0 Å². The lowest BCUT2D eigenvalue weighted by Crippen LogP contribution is -1.85. The molecule has 16 heavy (non-hydrogen) atoms. The summed E-state index contributed by atoms with van der Waals surface area (Å²) in [7, 11) is 0. The highest BCUT2D eigenvalue weighted by Gasteiger charge is 1.93. The lowest BCUT2D eigenvalue weighted by molar-refractivity contribution is 0.863. The number of hydrogen-bond acceptors (Lipinski definition) is 1. The van der Waals surface area contributed by atoms with E-state index in [0.29, 0.717) is 5.92 Å². The zero-order valence-electron chi connectivity index (χ0n) is 9.71. The molecule has 0 radical (unpaired) electrons. The summed E-state index contributed by atoms with van der Waals surface area (Å²) in [4.78, 5) is 3.93. The molecule has 2 aromatic rings. The topological polar surface area (TPSA) is 12.9 Å². The third kappa shape index (κ3) is 6.20. The van der Waals surface area contributed by atoms with Gasteiger partial charge >= 0.3 is 0 Å². The lowest BCUT2D eigenvalue weighted by atomic mass is 10.1. The van der Waals surface area contributed by atoms with Crippen molar-refractivity contribution < 1.29 is 0 Å². The lowest BCUT2D eigenvalue weighted by Gasteiger charge is -2.01. The van der Waals surface area contributed by atoms with Crippen LogP contribution in [0.25, 0.3) is 0 Å². The van der Waals surface area contributed by atoms with Crippen molar-refractivity contribution >= 4 is 12.4 Å². The molecule has 0 atom stereocenters. The highest BCUT2D eigenvalue weighted by atomic mass is 35.5. The van der Waals surface area contributed by atoms with Crippen LogP contribution in [-0.4, -0.2) is 4.98 Å². The number of halogens is 1. The molecule has 0 bridgehead atoms. The Morgan fingerprint density at radius 2 is 1.19 bits per heavy atom. The second-order valence-corrected chi connectivity index (χ2v) is 3.59. The molecule has 0 aliphatic carbocycles. The van der Waals surface area contributed by atoms with Gasteiger partial charge in [0.25, 0.3) is 0 Å². The van der Waals surface area contributed by atoms with E-state index < -0.39 is 0 Å². The second kappa shape index (κ2) is 8.93. The number of aromatic nitrogens is 1. The monoisotopic (exact) mass is 235 g/mol. The van der Waals surface area contributed by atoms with Crippen LogP contribution in [0.5, 0.6) is 0 Å². The maximum atomic E-state index is 3.93. The van der Waals surface area contributed by atoms with Crippen LogP contribution in [0, 0.1) is 0 Å². The summed E-state index contributed by atoms with van der Waals surface area (Å²) in [6.07, 6.45) is 3.66. The van der Waals surface area contributed by atoms with Crippen LogP contribution >= 0.6 is 12.4 Å². The molecule has 1 aromatic heterocycles. The van der Waals surface area contributed by atoms with E-state index in [4.69, 9.17) is 0 Å². The van der Waals surface area contributed by atoms with Crippen molar-refractivity contribution in [2.45, 2.75) is 19.8 Å². The van der Waals surface area contributed by atoms with Crippen molar-refractivity contribution in [2.75, 3.05) is 0 Å². The van der Waals surface area contributed by atoms with Crippen molar-refractivity contribution in [1.29, 1.82) is 0 Å². The summed E-state index contributed by atoms with van der Waals surface area (Å²) in [5.41, 5.74) is 1.35. The number of pyridine rings is 1. The molecule has 1 nitrogen and oxygen atoms in total. The SMILES string of the molecule is CC(C)c1ccncc1.Cl.c1ccccc1. The molecule has 0 spiro atoms. The largest absolute Gasteiger partial charge is 0.265 e. The molecular weight excluding hydrogens is 218 g/mol. The number of nitrogens with zero attached hydrogens (tertiary/aromatic N) is 1. The molecule has 86 valence electrons. The average Bonchev–Trinajstić information content (AvgIpc) is 2.33. The van der Waals surface area contributed by atoms with Crippen LogP contribution < -0.4 is 0 Å². The molecule has 2 rings (SSSR count). The van der Waals surface area contributed by atoms with Crippen LogP contribution in [0.1, 0.15) is 25.3 Å². The van der Waals surface area contributed by atoms with Crippen molar-refractivity contribution in [3.8, 4) is 0 Å². The predicted octanol–water partition coefficient (Wildman–Crippen LogP) is 4.31. The van der Waals surface area contributed by atoms with Gasteiger partial charge in [-0.05, 0) is 23.6 Å². The molecule has 0 fully saturated rings. The minimum atomic E-state index is 0. The molecule has 0 aliphatic rings. The quantitative estimate of drug-likeness (QED) is 0.718. The average molecular weight is 236 g/mol. The van der Waals surface area contributed by atoms with E-state index in [1.807, 2.05) is 60.9 Å². The Kier molecular flexibility index (Phi) is 8.18. The van der Waals surface area contributed by atoms with E-state index in [2.05, 4.69) is 18.8 Å². The molecule has 0 N–H and O–H groups in total. The molecule has 0 saturated heterocycles. The van der Waals surface area contributed by atoms with Gasteiger partial charge in [0.15, 0.2) is 0 Å². The van der Waals surface area contributed by atoms with E-state index in [1.54, 1.807) is 0 Å². The number of benzene rings is 1. The van der Waals surface area contributed by atoms with Gasteiger partial charge in [0, 0.05) is 12.4 Å². The Labute approximate surface area is 104 Å². The summed E-state index contributed by atoms with van der Waals surface area (Å²) in [5, 5.41) is 0. The molecular formula is C14H18ClN. The van der Waals surface area contributed by atoms with Crippen molar-refractivity contribution in [2.24, 2.45) is 0 Å². The maximum absolute atomic E-state index is 3.93. The molecule has 1 heterocycles. The summed E-state index contributed by atoms with van der Waals surface area (Å²) in [5.74, 6) is 0.619. The Balaban J connectivity index is 0.000000283. The van der Waals surface area contributed by atoms with Gasteiger partial charge in [0.05, 0.1) is 0 Å². The normalized spacial score (nSPS) is 8.69. The van der Waals surface area contributed by atoms with Gasteiger partial charge in [0.2, 0.25) is 0 Å². The van der Waals surface area contributed by atoms with Crippen molar-refractivity contribution in [3.05, 3.63) is 66.5 Å². The zero-order chi connectivity index (χ0) is 10.9. The summed E-state index contributed by atoms with van der Waals surface area (Å²) < 4.78 is 0. The number of rotatable bonds is 1. The first kappa shape index (κ1) is 14.7. The molecule has 0 unspecified atom stereocenters. The Hall–Kier alpha value is -1.34. The van der Waals surface area contributed by atoms with Gasteiger partial charge in [-0.1, -0.05) is 50.2 Å². The van der Waals surface area contributed by atoms with Gasteiger partial charge in [0.1, 0.15) is 0 Å². The standard InChI is InChI=1S/C8H11N.C6H6.ClH/c1-7(2)8-3-5-9-6-4-8;1-2-4-6-5-3-1;/h3-7H,1-2H3;1-6H;1H.